The Morgan fingerprint density at radius 2 is 2.56 bits per heavy atom. The molecule has 0 saturated carbocycles. The van der Waals surface area contributed by atoms with Crippen molar-refractivity contribution in [1.29, 1.82) is 0 Å². The Balaban J connectivity index is 2.39. The van der Waals surface area contributed by atoms with E-state index in [0.717, 1.165) is 6.42 Å². The van der Waals surface area contributed by atoms with E-state index in [9.17, 15) is 0 Å². The van der Waals surface area contributed by atoms with Crippen LogP contribution in [-0.2, 0) is 6.42 Å². The normalized spacial score (nSPS) is 23.4. The van der Waals surface area contributed by atoms with Crippen LogP contribution >= 0.6 is 15.9 Å². The molecule has 1 aliphatic heterocycles. The molecular weight excluding hydrogens is 180 g/mol. The number of H-pyrrole nitrogens is 1. The van der Waals surface area contributed by atoms with Crippen LogP contribution in [0.5, 0.6) is 0 Å². The lowest BCUT2D eigenvalue weighted by molar-refractivity contribution is 1.00. The number of alkyl halides is 1. The minimum absolute atomic E-state index is 0.431. The maximum Gasteiger partial charge on any atom is 0.0874 e. The zero-order valence-corrected chi connectivity index (χ0v) is 6.40. The topological polar surface area (TPSA) is 27.8 Å². The summed E-state index contributed by atoms with van der Waals surface area (Å²) in [5, 5.41) is 3.26. The molecule has 2 rings (SSSR count). The Kier molecular flexibility index (Phi) is 1.05. The van der Waals surface area contributed by atoms with Crippen LogP contribution in [0.1, 0.15) is 5.69 Å². The van der Waals surface area contributed by atoms with Crippen LogP contribution in [0.2, 0.25) is 0 Å². The summed E-state index contributed by atoms with van der Waals surface area (Å²) in [4.78, 5) is 3.59. The molecule has 2 heterocycles. The third kappa shape index (κ3) is 0.758. The van der Waals surface area contributed by atoms with Crippen LogP contribution in [0, 0.1) is 0 Å². The second kappa shape index (κ2) is 1.77. The summed E-state index contributed by atoms with van der Waals surface area (Å²) >= 11 is 3.47. The molecule has 1 aromatic rings. The SMILES string of the molecule is BrC1Cc2[nH]ccc2N1. The smallest absolute Gasteiger partial charge is 0.0874 e. The largest absolute Gasteiger partial charge is 0.371 e. The summed E-state index contributed by atoms with van der Waals surface area (Å²) in [6.07, 6.45) is 3.01. The number of aromatic nitrogens is 1. The van der Waals surface area contributed by atoms with E-state index < -0.39 is 0 Å². The van der Waals surface area contributed by atoms with E-state index in [2.05, 4.69) is 32.3 Å². The van der Waals surface area contributed by atoms with Gasteiger partial charge in [-0.25, -0.2) is 0 Å². The third-order valence-electron chi connectivity index (χ3n) is 1.53. The number of aromatic amines is 1. The maximum atomic E-state index is 3.47. The molecule has 0 aromatic carbocycles. The molecular formula is C6H7BrN2. The highest BCUT2D eigenvalue weighted by molar-refractivity contribution is 9.09. The van der Waals surface area contributed by atoms with Crippen molar-refractivity contribution in [2.24, 2.45) is 0 Å². The molecule has 3 heteroatoms. The highest BCUT2D eigenvalue weighted by Crippen LogP contribution is 2.26. The van der Waals surface area contributed by atoms with Crippen LogP contribution in [-0.4, -0.2) is 9.94 Å². The molecule has 1 atom stereocenters. The van der Waals surface area contributed by atoms with Crippen LogP contribution in [0.4, 0.5) is 5.69 Å². The highest BCUT2D eigenvalue weighted by Gasteiger charge is 2.17. The van der Waals surface area contributed by atoms with Gasteiger partial charge in [0.15, 0.2) is 0 Å². The molecule has 1 aromatic heterocycles. The van der Waals surface area contributed by atoms with Crippen LogP contribution in [0.3, 0.4) is 0 Å². The average Bonchev–Trinajstić information content (AvgIpc) is 2.22. The fourth-order valence-electron chi connectivity index (χ4n) is 1.11. The average molecular weight is 187 g/mol. The van der Waals surface area contributed by atoms with Gasteiger partial charge in [-0.15, -0.1) is 0 Å². The first-order valence-corrected chi connectivity index (χ1v) is 3.85. The summed E-state index contributed by atoms with van der Waals surface area (Å²) in [5.41, 5.74) is 2.54. The lowest BCUT2D eigenvalue weighted by Crippen LogP contribution is -2.04. The molecule has 0 fully saturated rings. The van der Waals surface area contributed by atoms with Crippen molar-refractivity contribution in [3.8, 4) is 0 Å². The van der Waals surface area contributed by atoms with Gasteiger partial charge in [-0.2, -0.15) is 0 Å². The zero-order chi connectivity index (χ0) is 6.27. The number of hydrogen-bond donors (Lipinski definition) is 2. The first kappa shape index (κ1) is 5.35. The van der Waals surface area contributed by atoms with Gasteiger partial charge < -0.3 is 10.3 Å². The number of nitrogens with one attached hydrogen (secondary N) is 2. The Labute approximate surface area is 61.8 Å². The van der Waals surface area contributed by atoms with E-state index in [-0.39, 0.29) is 0 Å². The number of rotatable bonds is 0. The Morgan fingerprint density at radius 1 is 1.67 bits per heavy atom. The molecule has 48 valence electrons. The summed E-state index contributed by atoms with van der Waals surface area (Å²) in [6, 6.07) is 2.05. The van der Waals surface area contributed by atoms with Gasteiger partial charge in [0.25, 0.3) is 0 Å². The van der Waals surface area contributed by atoms with Gasteiger partial charge in [-0.05, 0) is 6.07 Å². The van der Waals surface area contributed by atoms with Crippen molar-refractivity contribution in [3.63, 3.8) is 0 Å². The van der Waals surface area contributed by atoms with Crippen molar-refractivity contribution in [3.05, 3.63) is 18.0 Å². The van der Waals surface area contributed by atoms with Crippen molar-refractivity contribution >= 4 is 21.6 Å². The molecule has 2 N–H and O–H groups in total. The Bertz CT molecular complexity index is 198. The fraction of sp³-hybridized carbons (Fsp3) is 0.333. The second-order valence-corrected chi connectivity index (χ2v) is 3.29. The minimum Gasteiger partial charge on any atom is -0.371 e. The van der Waals surface area contributed by atoms with Gasteiger partial charge in [0.2, 0.25) is 0 Å². The first-order chi connectivity index (χ1) is 4.36. The lowest BCUT2D eigenvalue weighted by Gasteiger charge is -1.97. The van der Waals surface area contributed by atoms with Gasteiger partial charge in [0.05, 0.1) is 10.6 Å². The molecule has 0 amide bonds. The van der Waals surface area contributed by atoms with E-state index in [0.29, 0.717) is 4.95 Å². The van der Waals surface area contributed by atoms with Crippen LogP contribution in [0.15, 0.2) is 12.3 Å². The molecule has 1 unspecified atom stereocenters. The van der Waals surface area contributed by atoms with Gasteiger partial charge in [-0.1, -0.05) is 15.9 Å². The molecule has 0 bridgehead atoms. The van der Waals surface area contributed by atoms with E-state index in [1.165, 1.54) is 11.4 Å². The molecule has 9 heavy (non-hydrogen) atoms. The Morgan fingerprint density at radius 3 is 3.33 bits per heavy atom. The molecule has 0 spiro atoms. The Hall–Kier alpha value is -0.440. The summed E-state index contributed by atoms with van der Waals surface area (Å²) in [7, 11) is 0. The number of fused-ring (bicyclic) bond motifs is 1. The minimum atomic E-state index is 0.431. The molecule has 0 aliphatic carbocycles. The van der Waals surface area contributed by atoms with E-state index in [4.69, 9.17) is 0 Å². The summed E-state index contributed by atoms with van der Waals surface area (Å²) in [5.74, 6) is 0. The van der Waals surface area contributed by atoms with Crippen molar-refractivity contribution in [1.82, 2.24) is 4.98 Å². The summed E-state index contributed by atoms with van der Waals surface area (Å²) in [6.45, 7) is 0. The lowest BCUT2D eigenvalue weighted by atomic mass is 10.3. The van der Waals surface area contributed by atoms with E-state index in [1.54, 1.807) is 0 Å². The van der Waals surface area contributed by atoms with Gasteiger partial charge >= 0.3 is 0 Å². The van der Waals surface area contributed by atoms with E-state index >= 15 is 0 Å². The molecule has 2 nitrogen and oxygen atoms in total. The van der Waals surface area contributed by atoms with Gasteiger partial charge in [0.1, 0.15) is 0 Å². The first-order valence-electron chi connectivity index (χ1n) is 2.93. The highest BCUT2D eigenvalue weighted by atomic mass is 79.9. The summed E-state index contributed by atoms with van der Waals surface area (Å²) < 4.78 is 0. The number of hydrogen-bond acceptors (Lipinski definition) is 1. The van der Waals surface area contributed by atoms with Crippen LogP contribution in [0.25, 0.3) is 0 Å². The van der Waals surface area contributed by atoms with Crippen molar-refractivity contribution in [2.45, 2.75) is 11.4 Å². The van der Waals surface area contributed by atoms with Gasteiger partial charge in [0, 0.05) is 18.3 Å². The third-order valence-corrected chi connectivity index (χ3v) is 2.08. The quantitative estimate of drug-likeness (QED) is 0.469. The van der Waals surface area contributed by atoms with E-state index in [1.807, 2.05) is 6.20 Å². The predicted molar refractivity (Wildman–Crippen MR) is 40.8 cm³/mol. The second-order valence-electron chi connectivity index (χ2n) is 2.19. The molecule has 0 radical (unpaired) electrons. The van der Waals surface area contributed by atoms with Crippen molar-refractivity contribution in [2.75, 3.05) is 5.32 Å². The molecule has 0 saturated heterocycles. The zero-order valence-electron chi connectivity index (χ0n) is 4.82. The van der Waals surface area contributed by atoms with Crippen LogP contribution < -0.4 is 5.32 Å². The predicted octanol–water partition coefficient (Wildman–Crippen LogP) is 1.70. The number of anilines is 1. The van der Waals surface area contributed by atoms with Crippen molar-refractivity contribution < 1.29 is 0 Å². The number of halogens is 1. The molecule has 1 aliphatic rings. The fourth-order valence-corrected chi connectivity index (χ4v) is 1.68. The standard InChI is InChI=1S/C6H7BrN2/c7-6-3-5-4(9-6)1-2-8-5/h1-2,6,8-9H,3H2. The monoisotopic (exact) mass is 186 g/mol. The van der Waals surface area contributed by atoms with Gasteiger partial charge in [-0.3, -0.25) is 0 Å². The maximum absolute atomic E-state index is 3.47.